The molecule has 0 bridgehead atoms. The quantitative estimate of drug-likeness (QED) is 0.501. The zero-order valence-corrected chi connectivity index (χ0v) is 15.5. The van der Waals surface area contributed by atoms with Crippen molar-refractivity contribution in [1.29, 1.82) is 0 Å². The number of benzene rings is 1. The third-order valence-electron chi connectivity index (χ3n) is 4.19. The zero-order chi connectivity index (χ0) is 20.8. The van der Waals surface area contributed by atoms with Gasteiger partial charge in [-0.15, -0.1) is 0 Å². The van der Waals surface area contributed by atoms with Crippen LogP contribution in [0.25, 0.3) is 28.0 Å². The van der Waals surface area contributed by atoms with Gasteiger partial charge in [-0.2, -0.15) is 22.8 Å². The SMILES string of the molecule is COc1ccccc1-c1nc(N)n2ncnc2c1-c1cc(Cl)nc(C(F)(F)F)c1. The maximum atomic E-state index is 13.3. The number of pyridine rings is 1. The fraction of sp³-hybridized carbons (Fsp3) is 0.111. The van der Waals surface area contributed by atoms with Crippen LogP contribution < -0.4 is 10.5 Å². The summed E-state index contributed by atoms with van der Waals surface area (Å²) in [4.78, 5) is 11.9. The summed E-state index contributed by atoms with van der Waals surface area (Å²) < 4.78 is 46.6. The topological polar surface area (TPSA) is 91.2 Å². The number of ether oxygens (including phenoxy) is 1. The molecule has 4 aromatic rings. The first-order chi connectivity index (χ1) is 13.8. The maximum absolute atomic E-state index is 13.3. The van der Waals surface area contributed by atoms with Crippen LogP contribution in [0.4, 0.5) is 19.1 Å². The van der Waals surface area contributed by atoms with Crippen LogP contribution in [0.3, 0.4) is 0 Å². The number of para-hydroxylation sites is 1. The van der Waals surface area contributed by atoms with Gasteiger partial charge in [-0.3, -0.25) is 0 Å². The van der Waals surface area contributed by atoms with E-state index in [0.717, 1.165) is 6.07 Å². The third kappa shape index (κ3) is 3.31. The van der Waals surface area contributed by atoms with Crippen LogP contribution in [0.2, 0.25) is 5.15 Å². The average Bonchev–Trinajstić information content (AvgIpc) is 3.17. The Morgan fingerprint density at radius 3 is 2.62 bits per heavy atom. The molecule has 0 aliphatic heterocycles. The van der Waals surface area contributed by atoms with E-state index >= 15 is 0 Å². The summed E-state index contributed by atoms with van der Waals surface area (Å²) in [6.45, 7) is 0. The van der Waals surface area contributed by atoms with Gasteiger partial charge in [0.15, 0.2) is 5.65 Å². The molecule has 0 radical (unpaired) electrons. The Labute approximate surface area is 166 Å². The molecule has 2 N–H and O–H groups in total. The van der Waals surface area contributed by atoms with E-state index in [-0.39, 0.29) is 33.6 Å². The molecule has 11 heteroatoms. The molecule has 4 rings (SSSR count). The monoisotopic (exact) mass is 420 g/mol. The summed E-state index contributed by atoms with van der Waals surface area (Å²) in [7, 11) is 1.47. The maximum Gasteiger partial charge on any atom is 0.433 e. The van der Waals surface area contributed by atoms with Crippen LogP contribution in [0.1, 0.15) is 5.69 Å². The molecule has 3 aromatic heterocycles. The molecule has 0 saturated carbocycles. The van der Waals surface area contributed by atoms with Crippen LogP contribution in [0.15, 0.2) is 42.7 Å². The van der Waals surface area contributed by atoms with Crippen molar-refractivity contribution in [3.8, 4) is 28.1 Å². The minimum Gasteiger partial charge on any atom is -0.496 e. The Kier molecular flexibility index (Phi) is 4.50. The van der Waals surface area contributed by atoms with Crippen LogP contribution >= 0.6 is 11.6 Å². The lowest BCUT2D eigenvalue weighted by atomic mass is 9.99. The first-order valence-corrected chi connectivity index (χ1v) is 8.55. The van der Waals surface area contributed by atoms with Crippen LogP contribution in [-0.2, 0) is 6.18 Å². The van der Waals surface area contributed by atoms with Crippen molar-refractivity contribution in [2.75, 3.05) is 12.8 Å². The molecule has 0 atom stereocenters. The molecule has 0 aliphatic carbocycles. The van der Waals surface area contributed by atoms with E-state index in [1.807, 2.05) is 0 Å². The molecule has 0 spiro atoms. The molecule has 7 nitrogen and oxygen atoms in total. The summed E-state index contributed by atoms with van der Waals surface area (Å²) in [6.07, 6.45) is -3.45. The summed E-state index contributed by atoms with van der Waals surface area (Å²) in [5.74, 6) is 0.471. The first kappa shape index (κ1) is 18.9. The Morgan fingerprint density at radius 1 is 1.14 bits per heavy atom. The second-order valence-corrected chi connectivity index (χ2v) is 6.34. The van der Waals surface area contributed by atoms with Crippen molar-refractivity contribution < 1.29 is 17.9 Å². The molecule has 0 amide bonds. The minimum absolute atomic E-state index is 0.0124. The highest BCUT2D eigenvalue weighted by atomic mass is 35.5. The second kappa shape index (κ2) is 6.89. The number of nitrogens with zero attached hydrogens (tertiary/aromatic N) is 5. The van der Waals surface area contributed by atoms with Gasteiger partial charge in [0, 0.05) is 5.56 Å². The third-order valence-corrected chi connectivity index (χ3v) is 4.38. The number of fused-ring (bicyclic) bond motifs is 1. The first-order valence-electron chi connectivity index (χ1n) is 8.17. The van der Waals surface area contributed by atoms with Crippen molar-refractivity contribution >= 4 is 23.2 Å². The van der Waals surface area contributed by atoms with E-state index in [9.17, 15) is 13.2 Å². The summed E-state index contributed by atoms with van der Waals surface area (Å²) in [5, 5.41) is 3.67. The number of rotatable bonds is 3. The van der Waals surface area contributed by atoms with Gasteiger partial charge in [0.1, 0.15) is 22.9 Å². The van der Waals surface area contributed by atoms with Gasteiger partial charge >= 0.3 is 6.18 Å². The largest absolute Gasteiger partial charge is 0.496 e. The Bertz CT molecular complexity index is 1220. The molecule has 0 unspecified atom stereocenters. The number of halogens is 4. The predicted octanol–water partition coefficient (Wildman–Crippen LogP) is 4.12. The summed E-state index contributed by atoms with van der Waals surface area (Å²) in [6, 6.07) is 9.10. The lowest BCUT2D eigenvalue weighted by Crippen LogP contribution is -2.09. The Balaban J connectivity index is 2.11. The average molecular weight is 421 g/mol. The van der Waals surface area contributed by atoms with Crippen molar-refractivity contribution in [3.05, 3.63) is 53.6 Å². The number of alkyl halides is 3. The Morgan fingerprint density at radius 2 is 1.90 bits per heavy atom. The highest BCUT2D eigenvalue weighted by molar-refractivity contribution is 6.29. The van der Waals surface area contributed by atoms with Gasteiger partial charge in [-0.05, 0) is 29.8 Å². The fourth-order valence-electron chi connectivity index (χ4n) is 2.99. The van der Waals surface area contributed by atoms with Gasteiger partial charge < -0.3 is 10.5 Å². The van der Waals surface area contributed by atoms with Gasteiger partial charge in [0.05, 0.1) is 18.4 Å². The van der Waals surface area contributed by atoms with Gasteiger partial charge in [-0.1, -0.05) is 23.7 Å². The molecular formula is C18H12ClF3N6O. The lowest BCUT2D eigenvalue weighted by molar-refractivity contribution is -0.141. The number of methoxy groups -OCH3 is 1. The zero-order valence-electron chi connectivity index (χ0n) is 14.8. The van der Waals surface area contributed by atoms with E-state index in [1.54, 1.807) is 24.3 Å². The molecule has 29 heavy (non-hydrogen) atoms. The van der Waals surface area contributed by atoms with E-state index in [4.69, 9.17) is 22.1 Å². The molecule has 0 saturated heterocycles. The van der Waals surface area contributed by atoms with Crippen molar-refractivity contribution in [2.24, 2.45) is 0 Å². The van der Waals surface area contributed by atoms with Gasteiger partial charge in [-0.25, -0.2) is 15.0 Å². The number of nitrogen functional groups attached to an aromatic ring is 1. The molecule has 0 aliphatic rings. The Hall–Kier alpha value is -3.40. The normalized spacial score (nSPS) is 11.8. The van der Waals surface area contributed by atoms with E-state index in [0.29, 0.717) is 11.3 Å². The molecule has 148 valence electrons. The number of hydrogen-bond donors (Lipinski definition) is 1. The van der Waals surface area contributed by atoms with Crippen LogP contribution in [-0.4, -0.2) is 31.7 Å². The smallest absolute Gasteiger partial charge is 0.433 e. The molecule has 0 fully saturated rings. The lowest BCUT2D eigenvalue weighted by Gasteiger charge is -2.15. The van der Waals surface area contributed by atoms with Crippen LogP contribution in [0.5, 0.6) is 5.75 Å². The predicted molar refractivity (Wildman–Crippen MR) is 100 cm³/mol. The van der Waals surface area contributed by atoms with Crippen molar-refractivity contribution in [1.82, 2.24) is 24.6 Å². The van der Waals surface area contributed by atoms with Crippen molar-refractivity contribution in [2.45, 2.75) is 6.18 Å². The molecular weight excluding hydrogens is 409 g/mol. The number of nitrogens with two attached hydrogens (primary N) is 1. The van der Waals surface area contributed by atoms with Crippen LogP contribution in [0, 0.1) is 0 Å². The summed E-state index contributed by atoms with van der Waals surface area (Å²) in [5.41, 5.74) is 6.24. The standard InChI is InChI=1S/C18H12ClF3N6O/c1-29-11-5-3-2-4-10(11)15-14(16-24-8-25-28(16)17(23)27-15)9-6-12(18(20,21)22)26-13(19)7-9/h2-8H,1H3,(H2,23,27). The van der Waals surface area contributed by atoms with Gasteiger partial charge in [0.2, 0.25) is 5.95 Å². The molecule has 3 heterocycles. The summed E-state index contributed by atoms with van der Waals surface area (Å²) >= 11 is 5.90. The second-order valence-electron chi connectivity index (χ2n) is 5.95. The number of aromatic nitrogens is 5. The highest BCUT2D eigenvalue weighted by Gasteiger charge is 2.34. The highest BCUT2D eigenvalue weighted by Crippen LogP contribution is 2.40. The van der Waals surface area contributed by atoms with E-state index < -0.39 is 11.9 Å². The van der Waals surface area contributed by atoms with E-state index in [2.05, 4.69) is 20.1 Å². The van der Waals surface area contributed by atoms with Crippen molar-refractivity contribution in [3.63, 3.8) is 0 Å². The fourth-order valence-corrected chi connectivity index (χ4v) is 3.20. The number of anilines is 1. The van der Waals surface area contributed by atoms with E-state index in [1.165, 1.54) is 24.0 Å². The number of hydrogen-bond acceptors (Lipinski definition) is 6. The van der Waals surface area contributed by atoms with Gasteiger partial charge in [0.25, 0.3) is 0 Å². The molecule has 1 aromatic carbocycles. The minimum atomic E-state index is -4.69.